The Bertz CT molecular complexity index is 519. The number of carbonyl (C=O) groups excluding carboxylic acids is 1. The van der Waals surface area contributed by atoms with Gasteiger partial charge in [-0.1, -0.05) is 6.92 Å². The van der Waals surface area contributed by atoms with E-state index in [1.807, 2.05) is 6.92 Å². The van der Waals surface area contributed by atoms with E-state index in [2.05, 4.69) is 15.6 Å². The Morgan fingerprint density at radius 3 is 2.71 bits per heavy atom. The van der Waals surface area contributed by atoms with Crippen LogP contribution in [0.3, 0.4) is 0 Å². The number of rotatable bonds is 7. The number of nitrogens with one attached hydrogen (secondary N) is 2. The fourth-order valence-electron chi connectivity index (χ4n) is 2.03. The third kappa shape index (κ3) is 4.67. The molecule has 1 aromatic heterocycles. The number of nitrogens with zero attached hydrogens (tertiary/aromatic N) is 2. The molecule has 0 aliphatic rings. The quantitative estimate of drug-likeness (QED) is 0.513. The van der Waals surface area contributed by atoms with E-state index in [0.29, 0.717) is 13.0 Å². The van der Waals surface area contributed by atoms with E-state index in [4.69, 9.17) is 0 Å². The summed E-state index contributed by atoms with van der Waals surface area (Å²) in [5.41, 5.74) is -0.385. The number of hydrogen-bond acceptors (Lipinski definition) is 6. The zero-order chi connectivity index (χ0) is 16.0. The highest BCUT2D eigenvalue weighted by Gasteiger charge is 2.25. The van der Waals surface area contributed by atoms with Gasteiger partial charge in [0, 0.05) is 19.8 Å². The van der Waals surface area contributed by atoms with Crippen molar-refractivity contribution in [2.24, 2.45) is 5.92 Å². The molecule has 0 radical (unpaired) electrons. The number of nitro groups is 1. The predicted molar refractivity (Wildman–Crippen MR) is 78.2 cm³/mol. The molecule has 0 fully saturated rings. The predicted octanol–water partition coefficient (Wildman–Crippen LogP) is 1.17. The monoisotopic (exact) mass is 296 g/mol. The molecule has 21 heavy (non-hydrogen) atoms. The van der Waals surface area contributed by atoms with Gasteiger partial charge in [-0.2, -0.15) is 0 Å². The summed E-state index contributed by atoms with van der Waals surface area (Å²) < 4.78 is 0. The van der Waals surface area contributed by atoms with Gasteiger partial charge in [-0.3, -0.25) is 14.9 Å². The Labute approximate surface area is 122 Å². The number of anilines is 1. The molecule has 0 aromatic carbocycles. The second-order valence-electron chi connectivity index (χ2n) is 4.96. The number of hydrogen-bond donors (Lipinski definition) is 3. The Morgan fingerprint density at radius 1 is 1.52 bits per heavy atom. The van der Waals surface area contributed by atoms with Crippen LogP contribution in [0.2, 0.25) is 0 Å². The summed E-state index contributed by atoms with van der Waals surface area (Å²) in [6.07, 6.45) is 1.43. The van der Waals surface area contributed by atoms with Crippen LogP contribution in [0.15, 0.2) is 12.3 Å². The van der Waals surface area contributed by atoms with Gasteiger partial charge in [-0.25, -0.2) is 4.98 Å². The average Bonchev–Trinajstić information content (AvgIpc) is 2.42. The van der Waals surface area contributed by atoms with Crippen LogP contribution < -0.4 is 10.6 Å². The Balaban J connectivity index is 2.85. The molecule has 2 atom stereocenters. The van der Waals surface area contributed by atoms with Crippen molar-refractivity contribution in [2.45, 2.75) is 26.4 Å². The molecular formula is C13H20N4O4. The summed E-state index contributed by atoms with van der Waals surface area (Å²) in [6.45, 7) is 3.89. The first kappa shape index (κ1) is 16.8. The number of aromatic nitrogens is 1. The fraction of sp³-hybridized carbons (Fsp3) is 0.538. The Morgan fingerprint density at radius 2 is 2.19 bits per heavy atom. The van der Waals surface area contributed by atoms with Crippen molar-refractivity contribution in [1.82, 2.24) is 10.3 Å². The maximum Gasteiger partial charge on any atom is 0.324 e. The second kappa shape index (κ2) is 7.53. The van der Waals surface area contributed by atoms with Gasteiger partial charge in [-0.15, -0.1) is 0 Å². The lowest BCUT2D eigenvalue weighted by molar-refractivity contribution is -0.384. The third-order valence-corrected chi connectivity index (χ3v) is 2.94. The average molecular weight is 296 g/mol. The zero-order valence-corrected chi connectivity index (χ0v) is 12.3. The van der Waals surface area contributed by atoms with Crippen molar-refractivity contribution in [3.63, 3.8) is 0 Å². The minimum Gasteiger partial charge on any atom is -0.393 e. The summed E-state index contributed by atoms with van der Waals surface area (Å²) in [7, 11) is 1.50. The van der Waals surface area contributed by atoms with Gasteiger partial charge in [0.15, 0.2) is 0 Å². The van der Waals surface area contributed by atoms with E-state index in [1.165, 1.54) is 19.3 Å². The lowest BCUT2D eigenvalue weighted by Gasteiger charge is -2.14. The van der Waals surface area contributed by atoms with Crippen LogP contribution in [-0.4, -0.2) is 40.6 Å². The molecule has 1 heterocycles. The first-order valence-electron chi connectivity index (χ1n) is 6.64. The molecule has 0 aliphatic heterocycles. The van der Waals surface area contributed by atoms with Crippen molar-refractivity contribution in [3.05, 3.63) is 27.9 Å². The Kier molecular flexibility index (Phi) is 6.04. The molecular weight excluding hydrogens is 276 g/mol. The molecule has 0 unspecified atom stereocenters. The summed E-state index contributed by atoms with van der Waals surface area (Å²) in [4.78, 5) is 26.4. The van der Waals surface area contributed by atoms with Crippen LogP contribution in [0.25, 0.3) is 0 Å². The molecule has 0 saturated carbocycles. The van der Waals surface area contributed by atoms with Crippen LogP contribution in [0.5, 0.6) is 0 Å². The second-order valence-corrected chi connectivity index (χ2v) is 4.96. The van der Waals surface area contributed by atoms with Gasteiger partial charge in [0.25, 0.3) is 5.91 Å². The number of aliphatic hydroxyl groups is 1. The standard InChI is InChI=1S/C13H20N4O4/c1-8(6-9(2)18)7-16-13(19)10-4-5-15-12(14-3)11(10)17(20)21/h4-5,8-9,18H,6-7H2,1-3H3,(H,14,15)(H,16,19)/t8-,9-/m0/s1. The van der Waals surface area contributed by atoms with E-state index in [1.54, 1.807) is 6.92 Å². The van der Waals surface area contributed by atoms with Crippen molar-refractivity contribution >= 4 is 17.4 Å². The first-order valence-corrected chi connectivity index (χ1v) is 6.64. The van der Waals surface area contributed by atoms with E-state index >= 15 is 0 Å². The molecule has 0 bridgehead atoms. The number of aliphatic hydroxyl groups excluding tert-OH is 1. The van der Waals surface area contributed by atoms with Gasteiger partial charge in [-0.05, 0) is 25.3 Å². The number of pyridine rings is 1. The molecule has 8 heteroatoms. The number of carbonyl (C=O) groups is 1. The zero-order valence-electron chi connectivity index (χ0n) is 12.3. The lowest BCUT2D eigenvalue weighted by atomic mass is 10.0. The SMILES string of the molecule is CNc1nccc(C(=O)NC[C@@H](C)C[C@H](C)O)c1[N+](=O)[O-]. The highest BCUT2D eigenvalue weighted by molar-refractivity contribution is 5.99. The van der Waals surface area contributed by atoms with E-state index in [-0.39, 0.29) is 23.0 Å². The molecule has 1 aromatic rings. The van der Waals surface area contributed by atoms with Crippen molar-refractivity contribution in [2.75, 3.05) is 18.9 Å². The number of amides is 1. The van der Waals surface area contributed by atoms with E-state index in [0.717, 1.165) is 0 Å². The van der Waals surface area contributed by atoms with Crippen molar-refractivity contribution in [1.29, 1.82) is 0 Å². The summed E-state index contributed by atoms with van der Waals surface area (Å²) >= 11 is 0. The maximum atomic E-state index is 12.1. The van der Waals surface area contributed by atoms with Gasteiger partial charge in [0.05, 0.1) is 11.0 Å². The minimum absolute atomic E-state index is 0.0383. The molecule has 0 spiro atoms. The van der Waals surface area contributed by atoms with Crippen molar-refractivity contribution < 1.29 is 14.8 Å². The minimum atomic E-state index is -0.632. The summed E-state index contributed by atoms with van der Waals surface area (Å²) in [5, 5.41) is 25.6. The Hall–Kier alpha value is -2.22. The van der Waals surface area contributed by atoms with Gasteiger partial charge >= 0.3 is 5.69 Å². The molecule has 0 saturated heterocycles. The normalized spacial score (nSPS) is 13.3. The topological polar surface area (TPSA) is 117 Å². The van der Waals surface area contributed by atoms with Crippen LogP contribution >= 0.6 is 0 Å². The maximum absolute atomic E-state index is 12.1. The molecule has 1 amide bonds. The third-order valence-electron chi connectivity index (χ3n) is 2.94. The smallest absolute Gasteiger partial charge is 0.324 e. The fourth-order valence-corrected chi connectivity index (χ4v) is 2.03. The van der Waals surface area contributed by atoms with Crippen LogP contribution in [0, 0.1) is 16.0 Å². The summed E-state index contributed by atoms with van der Waals surface area (Å²) in [6, 6.07) is 1.31. The van der Waals surface area contributed by atoms with E-state index in [9.17, 15) is 20.0 Å². The molecule has 1 rings (SSSR count). The molecule has 116 valence electrons. The van der Waals surface area contributed by atoms with Crippen LogP contribution in [-0.2, 0) is 0 Å². The largest absolute Gasteiger partial charge is 0.393 e. The van der Waals surface area contributed by atoms with Crippen molar-refractivity contribution in [3.8, 4) is 0 Å². The lowest BCUT2D eigenvalue weighted by Crippen LogP contribution is -2.30. The van der Waals surface area contributed by atoms with E-state index < -0.39 is 16.9 Å². The van der Waals surface area contributed by atoms with Gasteiger partial charge in [0.2, 0.25) is 5.82 Å². The summed E-state index contributed by atoms with van der Waals surface area (Å²) in [5.74, 6) is -0.415. The molecule has 8 nitrogen and oxygen atoms in total. The van der Waals surface area contributed by atoms with Crippen LogP contribution in [0.4, 0.5) is 11.5 Å². The highest BCUT2D eigenvalue weighted by Crippen LogP contribution is 2.25. The van der Waals surface area contributed by atoms with Crippen LogP contribution in [0.1, 0.15) is 30.6 Å². The van der Waals surface area contributed by atoms with Gasteiger partial charge < -0.3 is 15.7 Å². The first-order chi connectivity index (χ1) is 9.86. The molecule has 0 aliphatic carbocycles. The van der Waals surface area contributed by atoms with Gasteiger partial charge in [0.1, 0.15) is 5.56 Å². The molecule has 3 N–H and O–H groups in total. The highest BCUT2D eigenvalue weighted by atomic mass is 16.6.